The Morgan fingerprint density at radius 3 is 2.62 bits per heavy atom. The van der Waals surface area contributed by atoms with Crippen LogP contribution in [0, 0.1) is 15.9 Å². The number of nitro benzene ring substituents is 1. The Balaban J connectivity index is 1.29. The molecule has 37 heavy (non-hydrogen) atoms. The minimum atomic E-state index is -0.574. The molecule has 0 spiro atoms. The smallest absolute Gasteiger partial charge is 0.293 e. The molecule has 188 valence electrons. The molecule has 1 fully saturated rings. The number of carbonyl (C=O) groups excluding carboxylic acids is 1. The van der Waals surface area contributed by atoms with E-state index in [1.54, 1.807) is 48.5 Å². The highest BCUT2D eigenvalue weighted by molar-refractivity contribution is 7.80. The van der Waals surface area contributed by atoms with Gasteiger partial charge in [0.25, 0.3) is 11.6 Å². The number of nitrogens with zero attached hydrogens (tertiary/aromatic N) is 3. The summed E-state index contributed by atoms with van der Waals surface area (Å²) in [5, 5.41) is 17.1. The Hall–Kier alpha value is -4.38. The van der Waals surface area contributed by atoms with Crippen LogP contribution in [-0.2, 0) is 0 Å². The molecule has 2 heterocycles. The van der Waals surface area contributed by atoms with E-state index in [2.05, 4.69) is 15.6 Å². The molecule has 2 N–H and O–H groups in total. The molecule has 0 radical (unpaired) electrons. The Bertz CT molecular complexity index is 1520. The lowest BCUT2D eigenvalue weighted by Crippen LogP contribution is -2.34. The fourth-order valence-corrected chi connectivity index (χ4v) is 4.52. The average molecular weight is 520 g/mol. The standard InChI is InChI=1S/C26H22FN5O4S/c27-19-7-3-2-6-18(19)25-29-20-15-17(9-11-23(20)36-25)28-26(37)30-24(33)16-8-10-21(22(14-16)32(34)35)31-12-4-1-5-13-31/h2-3,6-11,14-15H,1,4-5,12-13H2,(H2,28,30,33,37). The quantitative estimate of drug-likeness (QED) is 0.197. The van der Waals surface area contributed by atoms with Gasteiger partial charge in [-0.3, -0.25) is 20.2 Å². The SMILES string of the molecule is O=C(NC(=S)Nc1ccc2oc(-c3ccccc3F)nc2c1)c1ccc(N2CCCCC2)c([N+](=O)[O-])c1. The van der Waals surface area contributed by atoms with Gasteiger partial charge in [0.1, 0.15) is 17.0 Å². The largest absolute Gasteiger partial charge is 0.436 e. The molecule has 1 saturated heterocycles. The first kappa shape index (κ1) is 24.3. The first-order chi connectivity index (χ1) is 17.9. The molecule has 0 unspecified atom stereocenters. The van der Waals surface area contributed by atoms with E-state index in [9.17, 15) is 19.3 Å². The number of benzene rings is 3. The summed E-state index contributed by atoms with van der Waals surface area (Å²) in [6.07, 6.45) is 3.05. The highest BCUT2D eigenvalue weighted by Gasteiger charge is 2.23. The summed E-state index contributed by atoms with van der Waals surface area (Å²) in [6, 6.07) is 15.6. The number of thiocarbonyl (C=S) groups is 1. The van der Waals surface area contributed by atoms with Gasteiger partial charge in [-0.05, 0) is 73.9 Å². The van der Waals surface area contributed by atoms with Crippen molar-refractivity contribution in [1.82, 2.24) is 10.3 Å². The second-order valence-electron chi connectivity index (χ2n) is 8.60. The fourth-order valence-electron chi connectivity index (χ4n) is 4.31. The van der Waals surface area contributed by atoms with E-state index >= 15 is 0 Å². The molecule has 3 aromatic carbocycles. The molecule has 1 aliphatic rings. The van der Waals surface area contributed by atoms with Crippen molar-refractivity contribution < 1.29 is 18.5 Å². The van der Waals surface area contributed by atoms with E-state index in [-0.39, 0.29) is 27.8 Å². The maximum absolute atomic E-state index is 14.1. The second kappa shape index (κ2) is 10.3. The zero-order valence-electron chi connectivity index (χ0n) is 19.6. The Morgan fingerprint density at radius 1 is 1.08 bits per heavy atom. The van der Waals surface area contributed by atoms with Crippen molar-refractivity contribution in [1.29, 1.82) is 0 Å². The van der Waals surface area contributed by atoms with Gasteiger partial charge in [-0.2, -0.15) is 0 Å². The van der Waals surface area contributed by atoms with Crippen molar-refractivity contribution in [3.63, 3.8) is 0 Å². The fraction of sp³-hybridized carbons (Fsp3) is 0.192. The van der Waals surface area contributed by atoms with E-state index in [4.69, 9.17) is 16.6 Å². The number of piperidine rings is 1. The number of oxazole rings is 1. The lowest BCUT2D eigenvalue weighted by Gasteiger charge is -2.28. The molecule has 1 aromatic heterocycles. The molecule has 0 aliphatic carbocycles. The number of rotatable bonds is 5. The normalized spacial score (nSPS) is 13.4. The zero-order chi connectivity index (χ0) is 25.9. The Labute approximate surface area is 216 Å². The van der Waals surface area contributed by atoms with Gasteiger partial charge in [-0.25, -0.2) is 9.37 Å². The van der Waals surface area contributed by atoms with E-state index in [0.717, 1.165) is 32.4 Å². The van der Waals surface area contributed by atoms with Crippen molar-refractivity contribution in [3.8, 4) is 11.5 Å². The molecule has 9 nitrogen and oxygen atoms in total. The number of nitro groups is 1. The molecule has 0 atom stereocenters. The predicted molar refractivity (Wildman–Crippen MR) is 142 cm³/mol. The van der Waals surface area contributed by atoms with Crippen LogP contribution in [0.5, 0.6) is 0 Å². The van der Waals surface area contributed by atoms with E-state index < -0.39 is 16.6 Å². The van der Waals surface area contributed by atoms with E-state index in [1.807, 2.05) is 4.90 Å². The van der Waals surface area contributed by atoms with E-state index in [1.165, 1.54) is 12.1 Å². The number of nitrogens with one attached hydrogen (secondary N) is 2. The number of fused-ring (bicyclic) bond motifs is 1. The van der Waals surface area contributed by atoms with Crippen LogP contribution in [0.1, 0.15) is 29.6 Å². The van der Waals surface area contributed by atoms with Crippen LogP contribution in [-0.4, -0.2) is 34.0 Å². The van der Waals surface area contributed by atoms with Gasteiger partial charge in [0.05, 0.1) is 10.5 Å². The van der Waals surface area contributed by atoms with Crippen molar-refractivity contribution in [2.45, 2.75) is 19.3 Å². The number of hydrogen-bond acceptors (Lipinski definition) is 7. The van der Waals surface area contributed by atoms with Crippen LogP contribution in [0.4, 0.5) is 21.5 Å². The highest BCUT2D eigenvalue weighted by Crippen LogP contribution is 2.31. The van der Waals surface area contributed by atoms with Gasteiger partial charge in [0.15, 0.2) is 10.7 Å². The summed E-state index contributed by atoms with van der Waals surface area (Å²) in [5.74, 6) is -0.869. The molecule has 11 heteroatoms. The Morgan fingerprint density at radius 2 is 1.86 bits per heavy atom. The van der Waals surface area contributed by atoms with Crippen LogP contribution in [0.15, 0.2) is 65.1 Å². The molecule has 4 aromatic rings. The number of halogens is 1. The number of anilines is 2. The van der Waals surface area contributed by atoms with Gasteiger partial charge in [-0.1, -0.05) is 12.1 Å². The molecule has 5 rings (SSSR count). The molecular weight excluding hydrogens is 497 g/mol. The van der Waals surface area contributed by atoms with Gasteiger partial charge in [0, 0.05) is 30.4 Å². The molecule has 1 amide bonds. The van der Waals surface area contributed by atoms with Crippen LogP contribution >= 0.6 is 12.2 Å². The van der Waals surface area contributed by atoms with Gasteiger partial charge >= 0.3 is 0 Å². The van der Waals surface area contributed by atoms with Crippen LogP contribution < -0.4 is 15.5 Å². The van der Waals surface area contributed by atoms with E-state index in [0.29, 0.717) is 22.5 Å². The highest BCUT2D eigenvalue weighted by atomic mass is 32.1. The Kier molecular flexibility index (Phi) is 6.78. The summed E-state index contributed by atoms with van der Waals surface area (Å²) in [5.41, 5.74) is 2.22. The maximum atomic E-state index is 14.1. The zero-order valence-corrected chi connectivity index (χ0v) is 20.4. The maximum Gasteiger partial charge on any atom is 0.293 e. The van der Waals surface area contributed by atoms with Crippen LogP contribution in [0.3, 0.4) is 0 Å². The summed E-state index contributed by atoms with van der Waals surface area (Å²) in [6.45, 7) is 1.50. The summed E-state index contributed by atoms with van der Waals surface area (Å²) >= 11 is 5.27. The molecule has 1 aliphatic heterocycles. The number of carbonyl (C=O) groups is 1. The average Bonchev–Trinajstić information content (AvgIpc) is 3.32. The summed E-state index contributed by atoms with van der Waals surface area (Å²) < 4.78 is 19.8. The van der Waals surface area contributed by atoms with Crippen LogP contribution in [0.2, 0.25) is 0 Å². The van der Waals surface area contributed by atoms with Crippen molar-refractivity contribution in [2.75, 3.05) is 23.3 Å². The third kappa shape index (κ3) is 5.26. The van der Waals surface area contributed by atoms with Gasteiger partial charge in [0.2, 0.25) is 5.89 Å². The van der Waals surface area contributed by atoms with Crippen LogP contribution in [0.25, 0.3) is 22.6 Å². The predicted octanol–water partition coefficient (Wildman–Crippen LogP) is 5.66. The van der Waals surface area contributed by atoms with Crippen molar-refractivity contribution in [3.05, 3.63) is 82.2 Å². The first-order valence-electron chi connectivity index (χ1n) is 11.7. The number of amides is 1. The minimum absolute atomic E-state index is 0.00457. The lowest BCUT2D eigenvalue weighted by atomic mass is 10.1. The summed E-state index contributed by atoms with van der Waals surface area (Å²) in [7, 11) is 0. The molecule has 0 saturated carbocycles. The van der Waals surface area contributed by atoms with Crippen molar-refractivity contribution in [2.24, 2.45) is 0 Å². The number of aromatic nitrogens is 1. The van der Waals surface area contributed by atoms with Gasteiger partial charge < -0.3 is 14.6 Å². The third-order valence-corrected chi connectivity index (χ3v) is 6.31. The minimum Gasteiger partial charge on any atom is -0.436 e. The molecule has 0 bridgehead atoms. The monoisotopic (exact) mass is 519 g/mol. The first-order valence-corrected chi connectivity index (χ1v) is 12.1. The molecular formula is C26H22FN5O4S. The summed E-state index contributed by atoms with van der Waals surface area (Å²) in [4.78, 5) is 30.3. The van der Waals surface area contributed by atoms with Crippen molar-refractivity contribution >= 4 is 51.4 Å². The van der Waals surface area contributed by atoms with Gasteiger partial charge in [-0.15, -0.1) is 0 Å². The third-order valence-electron chi connectivity index (χ3n) is 6.11. The lowest BCUT2D eigenvalue weighted by molar-refractivity contribution is -0.384. The second-order valence-corrected chi connectivity index (χ2v) is 9.01. The number of hydrogen-bond donors (Lipinski definition) is 2. The topological polar surface area (TPSA) is 114 Å².